The van der Waals surface area contributed by atoms with Gasteiger partial charge in [-0.25, -0.2) is 9.59 Å². The van der Waals surface area contributed by atoms with Gasteiger partial charge in [0.1, 0.15) is 25.4 Å². The molecule has 2 fully saturated rings. The largest absolute Gasteiger partial charge is 0.445 e. The summed E-state index contributed by atoms with van der Waals surface area (Å²) in [6.07, 6.45) is -2.28. The first-order chi connectivity index (χ1) is 22.0. The molecule has 4 unspecified atom stereocenters. The highest BCUT2D eigenvalue weighted by Crippen LogP contribution is 2.22. The number of hydrogen-bond acceptors (Lipinski definition) is 10. The monoisotopic (exact) mass is 642 g/mol. The Morgan fingerprint density at radius 1 is 0.674 bits per heavy atom. The van der Waals surface area contributed by atoms with Gasteiger partial charge in [0.2, 0.25) is 0 Å². The van der Waals surface area contributed by atoms with Crippen LogP contribution in [0.5, 0.6) is 0 Å². The van der Waals surface area contributed by atoms with Gasteiger partial charge in [0, 0.05) is 0 Å². The van der Waals surface area contributed by atoms with Crippen molar-refractivity contribution in [2.45, 2.75) is 76.8 Å². The molecule has 12 heteroatoms. The molecule has 12 nitrogen and oxygen atoms in total. The molecule has 0 radical (unpaired) electrons. The van der Waals surface area contributed by atoms with E-state index in [2.05, 4.69) is 17.2 Å². The zero-order valence-electron chi connectivity index (χ0n) is 27.0. The topological polar surface area (TPSA) is 132 Å². The lowest BCUT2D eigenvalue weighted by atomic mass is 10.1. The predicted octanol–water partition coefficient (Wildman–Crippen LogP) is 4.47. The van der Waals surface area contributed by atoms with Gasteiger partial charge in [-0.1, -0.05) is 67.2 Å². The second kappa shape index (κ2) is 16.9. The Bertz CT molecular complexity index is 1160. The van der Waals surface area contributed by atoms with Crippen molar-refractivity contribution in [3.63, 3.8) is 0 Å². The maximum absolute atomic E-state index is 12.6. The molecule has 2 N–H and O–H groups in total. The van der Waals surface area contributed by atoms with E-state index in [4.69, 9.17) is 37.9 Å². The first-order valence-corrected chi connectivity index (χ1v) is 15.4. The molecule has 4 atom stereocenters. The Labute approximate surface area is 270 Å². The van der Waals surface area contributed by atoms with Gasteiger partial charge in [-0.05, 0) is 44.4 Å². The summed E-state index contributed by atoms with van der Waals surface area (Å²) in [6, 6.07) is 17.7. The fourth-order valence-corrected chi connectivity index (χ4v) is 4.60. The molecule has 2 heterocycles. The van der Waals surface area contributed by atoms with Crippen LogP contribution >= 0.6 is 0 Å². The first kappa shape index (κ1) is 35.3. The maximum Gasteiger partial charge on any atom is 0.407 e. The number of carbonyl (C=O) groups excluding carboxylic acids is 2. The van der Waals surface area contributed by atoms with Crippen LogP contribution in [0.3, 0.4) is 0 Å². The lowest BCUT2D eigenvalue weighted by molar-refractivity contribution is -0.204. The van der Waals surface area contributed by atoms with E-state index in [1.165, 1.54) is 0 Å². The summed E-state index contributed by atoms with van der Waals surface area (Å²) in [6.45, 7) is 12.5. The Balaban J connectivity index is 1.28. The molecule has 252 valence electrons. The van der Waals surface area contributed by atoms with Crippen LogP contribution in [0.15, 0.2) is 72.8 Å². The third kappa shape index (κ3) is 12.0. The standard InChI is InChI=1S/C34H46N2O10/c1-24(16-39-29-22-45-33(2,3)43-20-27(29)35-31(37)41-18-25-12-8-6-9-13-25)17-40-30-23-46-34(4,5)44-21-28(30)36-32(38)42-19-26-14-10-7-11-15-26/h6-15,27-30H,1,16-23H2,2-5H3,(H,35,37)(H,36,38). The van der Waals surface area contributed by atoms with Crippen LogP contribution < -0.4 is 10.6 Å². The zero-order valence-corrected chi connectivity index (χ0v) is 27.0. The second-order valence-electron chi connectivity index (χ2n) is 12.1. The van der Waals surface area contributed by atoms with Crippen molar-refractivity contribution >= 4 is 12.2 Å². The van der Waals surface area contributed by atoms with Crippen LogP contribution in [0.1, 0.15) is 38.8 Å². The molecule has 2 aromatic carbocycles. The number of nitrogens with one attached hydrogen (secondary N) is 2. The third-order valence-corrected chi connectivity index (χ3v) is 7.34. The maximum atomic E-state index is 12.6. The first-order valence-electron chi connectivity index (χ1n) is 15.4. The Kier molecular flexibility index (Phi) is 13.0. The van der Waals surface area contributed by atoms with Gasteiger partial charge >= 0.3 is 12.2 Å². The molecule has 0 aliphatic carbocycles. The molecule has 2 saturated heterocycles. The highest BCUT2D eigenvalue weighted by molar-refractivity contribution is 5.68. The van der Waals surface area contributed by atoms with Gasteiger partial charge in [-0.15, -0.1) is 0 Å². The van der Waals surface area contributed by atoms with Crippen molar-refractivity contribution in [1.29, 1.82) is 0 Å². The highest BCUT2D eigenvalue weighted by atomic mass is 16.7. The summed E-state index contributed by atoms with van der Waals surface area (Å²) >= 11 is 0. The smallest absolute Gasteiger partial charge is 0.407 e. The van der Waals surface area contributed by atoms with Crippen molar-refractivity contribution < 1.29 is 47.5 Å². The normalized spacial score (nSPS) is 24.1. The number of carbonyl (C=O) groups is 2. The summed E-state index contributed by atoms with van der Waals surface area (Å²) in [5.41, 5.74) is 2.38. The molecule has 2 aliphatic rings. The number of benzene rings is 2. The van der Waals surface area contributed by atoms with E-state index in [0.29, 0.717) is 5.57 Å². The van der Waals surface area contributed by atoms with Crippen molar-refractivity contribution in [2.75, 3.05) is 39.6 Å². The van der Waals surface area contributed by atoms with E-state index in [1.807, 2.05) is 60.7 Å². The van der Waals surface area contributed by atoms with Crippen LogP contribution in [-0.4, -0.2) is 87.7 Å². The van der Waals surface area contributed by atoms with Gasteiger partial charge < -0.3 is 48.5 Å². The van der Waals surface area contributed by atoms with Crippen molar-refractivity contribution in [3.8, 4) is 0 Å². The summed E-state index contributed by atoms with van der Waals surface area (Å²) in [5, 5.41) is 5.70. The van der Waals surface area contributed by atoms with Gasteiger partial charge in [0.05, 0.1) is 51.7 Å². The number of rotatable bonds is 12. The lowest BCUT2D eigenvalue weighted by Gasteiger charge is -2.26. The van der Waals surface area contributed by atoms with Crippen LogP contribution in [-0.2, 0) is 51.1 Å². The second-order valence-corrected chi connectivity index (χ2v) is 12.1. The van der Waals surface area contributed by atoms with Crippen LogP contribution in [0.25, 0.3) is 0 Å². The van der Waals surface area contributed by atoms with Crippen molar-refractivity contribution in [3.05, 3.63) is 83.9 Å². The van der Waals surface area contributed by atoms with Crippen molar-refractivity contribution in [1.82, 2.24) is 10.6 Å². The molecule has 2 amide bonds. The number of alkyl carbamates (subject to hydrolysis) is 2. The summed E-state index contributed by atoms with van der Waals surface area (Å²) in [4.78, 5) is 25.3. The van der Waals surface area contributed by atoms with E-state index in [0.717, 1.165) is 11.1 Å². The molecule has 2 aromatic rings. The summed E-state index contributed by atoms with van der Waals surface area (Å²) < 4.78 is 46.6. The zero-order chi connectivity index (χ0) is 33.0. The molecule has 0 bridgehead atoms. The van der Waals surface area contributed by atoms with E-state index in [-0.39, 0.29) is 52.9 Å². The van der Waals surface area contributed by atoms with Gasteiger partial charge in [0.25, 0.3) is 0 Å². The molecule has 0 saturated carbocycles. The minimum absolute atomic E-state index is 0.123. The predicted molar refractivity (Wildman–Crippen MR) is 168 cm³/mol. The van der Waals surface area contributed by atoms with Crippen molar-refractivity contribution in [2.24, 2.45) is 0 Å². The lowest BCUT2D eigenvalue weighted by Crippen LogP contribution is -2.49. The number of hydrogen-bond donors (Lipinski definition) is 2. The molecule has 46 heavy (non-hydrogen) atoms. The summed E-state index contributed by atoms with van der Waals surface area (Å²) in [5.74, 6) is -1.71. The highest BCUT2D eigenvalue weighted by Gasteiger charge is 2.36. The van der Waals surface area contributed by atoms with Gasteiger partial charge in [0.15, 0.2) is 11.6 Å². The summed E-state index contributed by atoms with van der Waals surface area (Å²) in [7, 11) is 0. The quantitative estimate of drug-likeness (QED) is 0.320. The van der Waals surface area contributed by atoms with Crippen LogP contribution in [0.2, 0.25) is 0 Å². The minimum Gasteiger partial charge on any atom is -0.445 e. The van der Waals surface area contributed by atoms with Gasteiger partial charge in [-0.3, -0.25) is 0 Å². The van der Waals surface area contributed by atoms with E-state index >= 15 is 0 Å². The minimum atomic E-state index is -0.855. The molecule has 4 rings (SSSR count). The SMILES string of the molecule is C=C(COC1COC(C)(C)OCC1NC(=O)OCc1ccccc1)COC1COC(C)(C)OCC1NC(=O)OCc1ccccc1. The molecule has 0 aromatic heterocycles. The Morgan fingerprint density at radius 3 is 1.43 bits per heavy atom. The molecule has 2 aliphatic heterocycles. The van der Waals surface area contributed by atoms with E-state index in [9.17, 15) is 9.59 Å². The Morgan fingerprint density at radius 2 is 1.04 bits per heavy atom. The fraction of sp³-hybridized carbons (Fsp3) is 0.529. The number of ether oxygens (including phenoxy) is 8. The molecular weight excluding hydrogens is 596 g/mol. The van der Waals surface area contributed by atoms with E-state index in [1.54, 1.807) is 27.7 Å². The van der Waals surface area contributed by atoms with Gasteiger partial charge in [-0.2, -0.15) is 0 Å². The Hall–Kier alpha value is -3.52. The third-order valence-electron chi connectivity index (χ3n) is 7.34. The van der Waals surface area contributed by atoms with Crippen LogP contribution in [0, 0.1) is 0 Å². The number of amides is 2. The molecular formula is C34H46N2O10. The average Bonchev–Trinajstić information content (AvgIpc) is 3.27. The average molecular weight is 643 g/mol. The fourth-order valence-electron chi connectivity index (χ4n) is 4.60. The van der Waals surface area contributed by atoms with E-state index < -0.39 is 48.1 Å². The molecule has 0 spiro atoms. The van der Waals surface area contributed by atoms with Crippen LogP contribution in [0.4, 0.5) is 9.59 Å².